The summed E-state index contributed by atoms with van der Waals surface area (Å²) < 4.78 is 20.8. The van der Waals surface area contributed by atoms with Crippen LogP contribution in [0.15, 0.2) is 24.3 Å². The van der Waals surface area contributed by atoms with Crippen LogP contribution in [0.4, 0.5) is 4.39 Å². The Hall–Kier alpha value is -2.25. The van der Waals surface area contributed by atoms with Gasteiger partial charge in [-0.2, -0.15) is 5.10 Å². The lowest BCUT2D eigenvalue weighted by Crippen LogP contribution is -2.43. The molecule has 1 aromatic carbocycles. The standard InChI is InChI=1S/C20H25FN4O2/c1-14-18-6-8-24(20(26)10-17-11-22-7-9-27-17)13-19(18)25(23-14)12-15-2-4-16(21)5-3-15/h2-5,17,22H,6-13H2,1H3. The van der Waals surface area contributed by atoms with E-state index in [0.29, 0.717) is 26.1 Å². The number of morpholine rings is 1. The molecule has 2 aliphatic heterocycles. The molecule has 0 radical (unpaired) electrons. The molecule has 1 aromatic heterocycles. The van der Waals surface area contributed by atoms with E-state index in [1.54, 1.807) is 12.1 Å². The second kappa shape index (κ2) is 7.78. The quantitative estimate of drug-likeness (QED) is 0.887. The maximum atomic E-state index is 13.2. The Morgan fingerprint density at radius 2 is 2.19 bits per heavy atom. The van der Waals surface area contributed by atoms with Gasteiger partial charge in [0.05, 0.1) is 43.6 Å². The summed E-state index contributed by atoms with van der Waals surface area (Å²) in [4.78, 5) is 14.6. The fourth-order valence-electron chi connectivity index (χ4n) is 3.86. The van der Waals surface area contributed by atoms with Crippen LogP contribution in [0.25, 0.3) is 0 Å². The third kappa shape index (κ3) is 4.04. The Labute approximate surface area is 158 Å². The van der Waals surface area contributed by atoms with Crippen LogP contribution in [0.1, 0.15) is 28.9 Å². The highest BCUT2D eigenvalue weighted by Crippen LogP contribution is 2.24. The number of carbonyl (C=O) groups is 1. The van der Waals surface area contributed by atoms with Crippen LogP contribution in [-0.2, 0) is 29.0 Å². The number of halogens is 1. The highest BCUT2D eigenvalue weighted by molar-refractivity contribution is 5.77. The predicted octanol–water partition coefficient (Wildman–Crippen LogP) is 1.64. The van der Waals surface area contributed by atoms with Crippen LogP contribution >= 0.6 is 0 Å². The molecule has 6 nitrogen and oxygen atoms in total. The van der Waals surface area contributed by atoms with Crippen molar-refractivity contribution < 1.29 is 13.9 Å². The van der Waals surface area contributed by atoms with Crippen LogP contribution < -0.4 is 5.32 Å². The Bertz CT molecular complexity index is 812. The summed E-state index contributed by atoms with van der Waals surface area (Å²) in [5, 5.41) is 7.94. The van der Waals surface area contributed by atoms with Gasteiger partial charge in [-0.1, -0.05) is 12.1 Å². The normalized spacial score (nSPS) is 19.8. The molecule has 4 rings (SSSR count). The number of hydrogen-bond donors (Lipinski definition) is 1. The van der Waals surface area contributed by atoms with Crippen molar-refractivity contribution in [2.24, 2.45) is 0 Å². The molecule has 1 unspecified atom stereocenters. The lowest BCUT2D eigenvalue weighted by atomic mass is 10.0. The fourth-order valence-corrected chi connectivity index (χ4v) is 3.86. The molecule has 3 heterocycles. The van der Waals surface area contributed by atoms with E-state index in [1.165, 1.54) is 17.7 Å². The van der Waals surface area contributed by atoms with Gasteiger partial charge in [-0.05, 0) is 36.6 Å². The number of amides is 1. The van der Waals surface area contributed by atoms with Crippen LogP contribution in [0.2, 0.25) is 0 Å². The molecule has 0 saturated carbocycles. The van der Waals surface area contributed by atoms with Crippen molar-refractivity contribution in [2.75, 3.05) is 26.2 Å². The molecule has 1 saturated heterocycles. The molecule has 144 valence electrons. The minimum absolute atomic E-state index is 0.0430. The molecule has 1 amide bonds. The Morgan fingerprint density at radius 1 is 1.37 bits per heavy atom. The summed E-state index contributed by atoms with van der Waals surface area (Å²) >= 11 is 0. The van der Waals surface area contributed by atoms with Crippen LogP contribution in [0.3, 0.4) is 0 Å². The molecule has 1 atom stereocenters. The number of ether oxygens (including phenoxy) is 1. The minimum Gasteiger partial charge on any atom is -0.375 e. The van der Waals surface area contributed by atoms with Crippen molar-refractivity contribution >= 4 is 5.91 Å². The number of aryl methyl sites for hydroxylation is 1. The van der Waals surface area contributed by atoms with E-state index < -0.39 is 0 Å². The summed E-state index contributed by atoms with van der Waals surface area (Å²) in [6.45, 7) is 6.11. The molecule has 0 spiro atoms. The predicted molar refractivity (Wildman–Crippen MR) is 98.8 cm³/mol. The summed E-state index contributed by atoms with van der Waals surface area (Å²) in [7, 11) is 0. The Morgan fingerprint density at radius 3 is 2.93 bits per heavy atom. The zero-order chi connectivity index (χ0) is 18.8. The van der Waals surface area contributed by atoms with Gasteiger partial charge in [-0.3, -0.25) is 9.48 Å². The van der Waals surface area contributed by atoms with Gasteiger partial charge in [0.1, 0.15) is 5.82 Å². The molecular weight excluding hydrogens is 347 g/mol. The topological polar surface area (TPSA) is 59.4 Å². The number of nitrogens with zero attached hydrogens (tertiary/aromatic N) is 3. The third-order valence-electron chi connectivity index (χ3n) is 5.34. The molecule has 1 N–H and O–H groups in total. The van der Waals surface area contributed by atoms with E-state index in [-0.39, 0.29) is 17.8 Å². The maximum absolute atomic E-state index is 13.2. The fraction of sp³-hybridized carbons (Fsp3) is 0.500. The summed E-state index contributed by atoms with van der Waals surface area (Å²) in [5.41, 5.74) is 4.32. The zero-order valence-electron chi connectivity index (χ0n) is 15.6. The van der Waals surface area contributed by atoms with E-state index in [1.807, 2.05) is 16.5 Å². The number of aromatic nitrogens is 2. The monoisotopic (exact) mass is 372 g/mol. The van der Waals surface area contributed by atoms with Gasteiger partial charge >= 0.3 is 0 Å². The van der Waals surface area contributed by atoms with Gasteiger partial charge in [-0.15, -0.1) is 0 Å². The first-order valence-electron chi connectivity index (χ1n) is 9.50. The van der Waals surface area contributed by atoms with Crippen molar-refractivity contribution in [3.63, 3.8) is 0 Å². The first-order chi connectivity index (χ1) is 13.1. The Balaban J connectivity index is 1.47. The molecular formula is C20H25FN4O2. The van der Waals surface area contributed by atoms with E-state index in [2.05, 4.69) is 10.4 Å². The van der Waals surface area contributed by atoms with Crippen molar-refractivity contribution in [3.8, 4) is 0 Å². The number of carbonyl (C=O) groups excluding carboxylic acids is 1. The van der Waals surface area contributed by atoms with Crippen LogP contribution in [0.5, 0.6) is 0 Å². The number of nitrogens with one attached hydrogen (secondary N) is 1. The lowest BCUT2D eigenvalue weighted by Gasteiger charge is -2.30. The molecule has 2 aliphatic rings. The number of hydrogen-bond acceptors (Lipinski definition) is 4. The summed E-state index contributed by atoms with van der Waals surface area (Å²) in [6, 6.07) is 6.48. The maximum Gasteiger partial charge on any atom is 0.225 e. The molecule has 0 aliphatic carbocycles. The molecule has 27 heavy (non-hydrogen) atoms. The molecule has 0 bridgehead atoms. The third-order valence-corrected chi connectivity index (χ3v) is 5.34. The van der Waals surface area contributed by atoms with Crippen molar-refractivity contribution in [1.29, 1.82) is 0 Å². The van der Waals surface area contributed by atoms with Gasteiger partial charge in [0, 0.05) is 19.6 Å². The van der Waals surface area contributed by atoms with Crippen LogP contribution in [-0.4, -0.2) is 52.9 Å². The first-order valence-corrected chi connectivity index (χ1v) is 9.50. The average molecular weight is 372 g/mol. The molecule has 1 fully saturated rings. The van der Waals surface area contributed by atoms with E-state index >= 15 is 0 Å². The van der Waals surface area contributed by atoms with Crippen LogP contribution in [0, 0.1) is 12.7 Å². The van der Waals surface area contributed by atoms with Gasteiger partial charge in [0.25, 0.3) is 0 Å². The van der Waals surface area contributed by atoms with E-state index in [4.69, 9.17) is 4.74 Å². The van der Waals surface area contributed by atoms with Gasteiger partial charge in [-0.25, -0.2) is 4.39 Å². The highest BCUT2D eigenvalue weighted by Gasteiger charge is 2.28. The van der Waals surface area contributed by atoms with Gasteiger partial charge in [0.2, 0.25) is 5.91 Å². The SMILES string of the molecule is Cc1nn(Cc2ccc(F)cc2)c2c1CCN(C(=O)CC1CNCCO1)C2. The summed E-state index contributed by atoms with van der Waals surface area (Å²) in [5.74, 6) is -0.116. The smallest absolute Gasteiger partial charge is 0.225 e. The van der Waals surface area contributed by atoms with Gasteiger partial charge < -0.3 is 15.0 Å². The molecule has 2 aromatic rings. The number of fused-ring (bicyclic) bond motifs is 1. The minimum atomic E-state index is -0.242. The summed E-state index contributed by atoms with van der Waals surface area (Å²) in [6.07, 6.45) is 1.19. The lowest BCUT2D eigenvalue weighted by molar-refractivity contribution is -0.135. The number of rotatable bonds is 4. The van der Waals surface area contributed by atoms with E-state index in [0.717, 1.165) is 43.0 Å². The largest absolute Gasteiger partial charge is 0.375 e. The van der Waals surface area contributed by atoms with Gasteiger partial charge in [0.15, 0.2) is 0 Å². The number of benzene rings is 1. The zero-order valence-corrected chi connectivity index (χ0v) is 15.6. The highest BCUT2D eigenvalue weighted by atomic mass is 19.1. The van der Waals surface area contributed by atoms with Crippen molar-refractivity contribution in [1.82, 2.24) is 20.0 Å². The molecule has 7 heteroatoms. The van der Waals surface area contributed by atoms with E-state index in [9.17, 15) is 9.18 Å². The van der Waals surface area contributed by atoms with Crippen molar-refractivity contribution in [2.45, 2.75) is 39.0 Å². The average Bonchev–Trinajstić information content (AvgIpc) is 2.99. The second-order valence-corrected chi connectivity index (χ2v) is 7.26. The first kappa shape index (κ1) is 18.1. The van der Waals surface area contributed by atoms with Crippen molar-refractivity contribution in [3.05, 3.63) is 52.6 Å². The second-order valence-electron chi connectivity index (χ2n) is 7.26. The Kier molecular flexibility index (Phi) is 5.22.